The predicted octanol–water partition coefficient (Wildman–Crippen LogP) is 3.25. The second-order valence-corrected chi connectivity index (χ2v) is 6.55. The van der Waals surface area contributed by atoms with Crippen LogP contribution in [0.2, 0.25) is 0 Å². The number of benzene rings is 1. The molecular weight excluding hydrogens is 272 g/mol. The quantitative estimate of drug-likeness (QED) is 0.812. The number of hydrogen-bond donors (Lipinski definition) is 2. The van der Waals surface area contributed by atoms with Crippen molar-refractivity contribution in [2.45, 2.75) is 51.9 Å². The van der Waals surface area contributed by atoms with Gasteiger partial charge >= 0.3 is 0 Å². The van der Waals surface area contributed by atoms with E-state index < -0.39 is 0 Å². The summed E-state index contributed by atoms with van der Waals surface area (Å²) in [4.78, 5) is 12.1. The van der Waals surface area contributed by atoms with E-state index in [-0.39, 0.29) is 11.8 Å². The zero-order valence-electron chi connectivity index (χ0n) is 14.0. The van der Waals surface area contributed by atoms with Crippen LogP contribution in [0.4, 0.5) is 0 Å². The first-order valence-electron chi connectivity index (χ1n) is 8.75. The lowest BCUT2D eigenvalue weighted by Gasteiger charge is -2.22. The molecule has 22 heavy (non-hydrogen) atoms. The molecule has 0 bridgehead atoms. The normalized spacial score (nSPS) is 19.6. The number of carbonyl (C=O) groups is 1. The summed E-state index contributed by atoms with van der Waals surface area (Å²) in [7, 11) is 0. The average Bonchev–Trinajstić information content (AvgIpc) is 2.56. The molecule has 3 heteroatoms. The Balaban J connectivity index is 1.68. The molecule has 1 saturated heterocycles. The largest absolute Gasteiger partial charge is 0.356 e. The molecule has 0 radical (unpaired) electrons. The molecule has 122 valence electrons. The van der Waals surface area contributed by atoms with Crippen LogP contribution in [-0.4, -0.2) is 25.5 Å². The summed E-state index contributed by atoms with van der Waals surface area (Å²) in [6.45, 7) is 7.36. The first-order valence-corrected chi connectivity index (χ1v) is 8.75. The number of amides is 1. The van der Waals surface area contributed by atoms with E-state index in [0.717, 1.165) is 38.4 Å². The second kappa shape index (κ2) is 8.94. The monoisotopic (exact) mass is 302 g/mol. The fraction of sp³-hybridized carbons (Fsp3) is 0.632. The lowest BCUT2D eigenvalue weighted by Crippen LogP contribution is -2.33. The van der Waals surface area contributed by atoms with Crippen molar-refractivity contribution in [3.05, 3.63) is 35.4 Å². The second-order valence-electron chi connectivity index (χ2n) is 6.55. The Kier molecular flexibility index (Phi) is 6.91. The van der Waals surface area contributed by atoms with Gasteiger partial charge in [-0.05, 0) is 61.7 Å². The van der Waals surface area contributed by atoms with Gasteiger partial charge in [0.15, 0.2) is 0 Å². The topological polar surface area (TPSA) is 41.1 Å². The fourth-order valence-electron chi connectivity index (χ4n) is 3.14. The van der Waals surface area contributed by atoms with Gasteiger partial charge in [-0.3, -0.25) is 4.79 Å². The highest BCUT2D eigenvalue weighted by molar-refractivity contribution is 5.76. The van der Waals surface area contributed by atoms with Gasteiger partial charge in [0.1, 0.15) is 0 Å². The summed E-state index contributed by atoms with van der Waals surface area (Å²) < 4.78 is 0. The van der Waals surface area contributed by atoms with Crippen LogP contribution in [0, 0.1) is 5.92 Å². The van der Waals surface area contributed by atoms with Crippen molar-refractivity contribution >= 4 is 5.91 Å². The van der Waals surface area contributed by atoms with E-state index in [9.17, 15) is 4.79 Å². The molecule has 1 aliphatic rings. The Hall–Kier alpha value is -1.35. The number of aryl methyl sites for hydroxylation is 1. The first-order chi connectivity index (χ1) is 10.7. The van der Waals surface area contributed by atoms with Gasteiger partial charge in [0, 0.05) is 13.0 Å². The lowest BCUT2D eigenvalue weighted by atomic mass is 9.95. The van der Waals surface area contributed by atoms with Crippen LogP contribution < -0.4 is 10.6 Å². The molecule has 1 heterocycles. The Morgan fingerprint density at radius 1 is 1.36 bits per heavy atom. The number of rotatable bonds is 7. The molecule has 1 aromatic rings. The number of piperidine rings is 1. The zero-order chi connectivity index (χ0) is 15.8. The van der Waals surface area contributed by atoms with Gasteiger partial charge in [0.25, 0.3) is 0 Å². The fourth-order valence-corrected chi connectivity index (χ4v) is 3.14. The summed E-state index contributed by atoms with van der Waals surface area (Å²) in [5, 5.41) is 6.51. The van der Waals surface area contributed by atoms with Gasteiger partial charge in [0.2, 0.25) is 5.91 Å². The third-order valence-electron chi connectivity index (χ3n) is 4.72. The van der Waals surface area contributed by atoms with Crippen LogP contribution in [0.5, 0.6) is 0 Å². The van der Waals surface area contributed by atoms with Gasteiger partial charge < -0.3 is 10.6 Å². The molecule has 0 saturated carbocycles. The highest BCUT2D eigenvalue weighted by atomic mass is 16.1. The zero-order valence-corrected chi connectivity index (χ0v) is 14.0. The Labute approximate surface area is 134 Å². The third-order valence-corrected chi connectivity index (χ3v) is 4.72. The molecule has 1 amide bonds. The van der Waals surface area contributed by atoms with Gasteiger partial charge in [0.05, 0.1) is 0 Å². The van der Waals surface area contributed by atoms with Crippen molar-refractivity contribution in [2.24, 2.45) is 5.92 Å². The maximum absolute atomic E-state index is 12.1. The minimum Gasteiger partial charge on any atom is -0.356 e. The van der Waals surface area contributed by atoms with E-state index in [1.165, 1.54) is 24.0 Å². The summed E-state index contributed by atoms with van der Waals surface area (Å²) in [5.74, 6) is 1.19. The first kappa shape index (κ1) is 17.0. The molecule has 1 fully saturated rings. The molecule has 0 spiro atoms. The SMILES string of the molecule is CCc1ccc(C(C)CC(=O)NCCC2CCCNC2)cc1. The molecular formula is C19H30N2O. The minimum atomic E-state index is 0.177. The van der Waals surface area contributed by atoms with Gasteiger partial charge in [-0.2, -0.15) is 0 Å². The summed E-state index contributed by atoms with van der Waals surface area (Å²) in [5.41, 5.74) is 2.60. The van der Waals surface area contributed by atoms with Crippen molar-refractivity contribution in [3.8, 4) is 0 Å². The lowest BCUT2D eigenvalue weighted by molar-refractivity contribution is -0.121. The molecule has 2 N–H and O–H groups in total. The minimum absolute atomic E-state index is 0.177. The van der Waals surface area contributed by atoms with Crippen LogP contribution in [0.1, 0.15) is 56.6 Å². The molecule has 2 rings (SSSR count). The van der Waals surface area contributed by atoms with Crippen molar-refractivity contribution in [1.29, 1.82) is 0 Å². The molecule has 1 aromatic carbocycles. The number of hydrogen-bond acceptors (Lipinski definition) is 2. The smallest absolute Gasteiger partial charge is 0.220 e. The Morgan fingerprint density at radius 2 is 2.14 bits per heavy atom. The standard InChI is InChI=1S/C19H30N2O/c1-3-16-6-8-18(9-7-16)15(2)13-19(22)21-12-10-17-5-4-11-20-14-17/h6-9,15,17,20H,3-5,10-14H2,1-2H3,(H,21,22). The molecule has 1 aliphatic heterocycles. The molecule has 3 nitrogen and oxygen atoms in total. The van der Waals surface area contributed by atoms with E-state index in [2.05, 4.69) is 48.7 Å². The predicted molar refractivity (Wildman–Crippen MR) is 92.1 cm³/mol. The van der Waals surface area contributed by atoms with Gasteiger partial charge in [-0.1, -0.05) is 38.1 Å². The van der Waals surface area contributed by atoms with Crippen molar-refractivity contribution in [3.63, 3.8) is 0 Å². The molecule has 2 unspecified atom stereocenters. The van der Waals surface area contributed by atoms with Crippen molar-refractivity contribution in [1.82, 2.24) is 10.6 Å². The van der Waals surface area contributed by atoms with Gasteiger partial charge in [-0.25, -0.2) is 0 Å². The Bertz CT molecular complexity index is 449. The summed E-state index contributed by atoms with van der Waals surface area (Å²) >= 11 is 0. The maximum atomic E-state index is 12.1. The molecule has 0 aromatic heterocycles. The Morgan fingerprint density at radius 3 is 2.77 bits per heavy atom. The summed E-state index contributed by atoms with van der Waals surface area (Å²) in [6, 6.07) is 8.65. The number of carbonyl (C=O) groups excluding carboxylic acids is 1. The third kappa shape index (κ3) is 5.45. The number of nitrogens with one attached hydrogen (secondary N) is 2. The van der Waals surface area contributed by atoms with E-state index in [4.69, 9.17) is 0 Å². The molecule has 2 atom stereocenters. The van der Waals surface area contributed by atoms with Crippen molar-refractivity contribution < 1.29 is 4.79 Å². The average molecular weight is 302 g/mol. The van der Waals surface area contributed by atoms with Crippen LogP contribution in [0.3, 0.4) is 0 Å². The summed E-state index contributed by atoms with van der Waals surface area (Å²) in [6.07, 6.45) is 5.30. The van der Waals surface area contributed by atoms with E-state index >= 15 is 0 Å². The van der Waals surface area contributed by atoms with Crippen LogP contribution in [0.15, 0.2) is 24.3 Å². The molecule has 0 aliphatic carbocycles. The van der Waals surface area contributed by atoms with Crippen molar-refractivity contribution in [2.75, 3.05) is 19.6 Å². The van der Waals surface area contributed by atoms with Crippen LogP contribution in [0.25, 0.3) is 0 Å². The van der Waals surface area contributed by atoms with E-state index in [0.29, 0.717) is 6.42 Å². The highest BCUT2D eigenvalue weighted by Gasteiger charge is 2.14. The maximum Gasteiger partial charge on any atom is 0.220 e. The van der Waals surface area contributed by atoms with Crippen LogP contribution >= 0.6 is 0 Å². The van der Waals surface area contributed by atoms with E-state index in [1.54, 1.807) is 0 Å². The van der Waals surface area contributed by atoms with Crippen LogP contribution in [-0.2, 0) is 11.2 Å². The van der Waals surface area contributed by atoms with E-state index in [1.807, 2.05) is 0 Å². The highest BCUT2D eigenvalue weighted by Crippen LogP contribution is 2.19. The van der Waals surface area contributed by atoms with Gasteiger partial charge in [-0.15, -0.1) is 0 Å².